The molecule has 0 saturated carbocycles. The molecular weight excluding hydrogens is 696 g/mol. The normalized spacial score (nSPS) is 11.9. The van der Waals surface area contributed by atoms with Crippen molar-refractivity contribution in [1.29, 1.82) is 0 Å². The van der Waals surface area contributed by atoms with E-state index >= 15 is 0 Å². The number of hydrogen-bond donors (Lipinski definition) is 0. The molecule has 2 aromatic heterocycles. The number of fused-ring (bicyclic) bond motifs is 2. The van der Waals surface area contributed by atoms with Gasteiger partial charge in [-0.25, -0.2) is 0 Å². The molecule has 0 aliphatic carbocycles. The fourth-order valence-corrected chi connectivity index (χ4v) is 5.14. The van der Waals surface area contributed by atoms with E-state index in [2.05, 4.69) is 114 Å². The van der Waals surface area contributed by atoms with Gasteiger partial charge in [-0.2, -0.15) is 0 Å². The van der Waals surface area contributed by atoms with Gasteiger partial charge in [0.2, 0.25) is 0 Å². The van der Waals surface area contributed by atoms with Gasteiger partial charge in [0.15, 0.2) is 0 Å². The molecule has 0 bridgehead atoms. The molecule has 0 saturated heterocycles. The summed E-state index contributed by atoms with van der Waals surface area (Å²) >= 11 is 0. The van der Waals surface area contributed by atoms with Gasteiger partial charge in [-0.05, 0) is 45.5 Å². The Bertz CT molecular complexity index is 1760. The second-order valence-corrected chi connectivity index (χ2v) is 12.7. The minimum atomic E-state index is 0. The Morgan fingerprint density at radius 3 is 1.36 bits per heavy atom. The summed E-state index contributed by atoms with van der Waals surface area (Å²) in [6.07, 6.45) is 3.77. The SMILES string of the molecule is CC(C)(C)c1ccnc(-c2[c-]c(Oc3[c-]c(-c4cc(C(C)(C)C)ccn4)c4ccccc4c3)cc3ccccc23)c1.[Pt+2]. The van der Waals surface area contributed by atoms with Crippen LogP contribution < -0.4 is 4.74 Å². The summed E-state index contributed by atoms with van der Waals surface area (Å²) in [5.41, 5.74) is 6.07. The van der Waals surface area contributed by atoms with Crippen LogP contribution in [-0.4, -0.2) is 9.97 Å². The van der Waals surface area contributed by atoms with Gasteiger partial charge >= 0.3 is 21.1 Å². The van der Waals surface area contributed by atoms with Gasteiger partial charge in [-0.15, -0.1) is 11.1 Å². The summed E-state index contributed by atoms with van der Waals surface area (Å²) in [7, 11) is 0. The summed E-state index contributed by atoms with van der Waals surface area (Å²) in [5.74, 6) is 1.24. The number of pyridine rings is 2. The molecule has 0 N–H and O–H groups in total. The molecule has 0 radical (unpaired) electrons. The molecule has 3 nitrogen and oxygen atoms in total. The van der Waals surface area contributed by atoms with E-state index in [1.807, 2.05) is 36.7 Å². The molecule has 0 spiro atoms. The van der Waals surface area contributed by atoms with Crippen molar-refractivity contribution in [1.82, 2.24) is 9.97 Å². The number of rotatable bonds is 4. The average Bonchev–Trinajstić information content (AvgIpc) is 2.95. The Hall–Kier alpha value is -3.81. The van der Waals surface area contributed by atoms with E-state index < -0.39 is 0 Å². The maximum Gasteiger partial charge on any atom is 2.00 e. The summed E-state index contributed by atoms with van der Waals surface area (Å²) < 4.78 is 6.55. The first-order valence-corrected chi connectivity index (χ1v) is 14.1. The number of ether oxygens (including phenoxy) is 1. The molecule has 2 heterocycles. The smallest absolute Gasteiger partial charge is 0.497 e. The van der Waals surface area contributed by atoms with Crippen LogP contribution in [0.25, 0.3) is 44.1 Å². The summed E-state index contributed by atoms with van der Waals surface area (Å²) in [4.78, 5) is 9.48. The van der Waals surface area contributed by atoms with E-state index in [1.54, 1.807) is 0 Å². The second-order valence-electron chi connectivity index (χ2n) is 12.7. The molecule has 0 amide bonds. The zero-order valence-corrected chi connectivity index (χ0v) is 27.1. The van der Waals surface area contributed by atoms with Crippen molar-refractivity contribution in [3.8, 4) is 34.0 Å². The summed E-state index contributed by atoms with van der Waals surface area (Å²) in [5, 5.41) is 4.31. The van der Waals surface area contributed by atoms with Crippen molar-refractivity contribution in [3.63, 3.8) is 0 Å². The molecule has 0 aliphatic rings. The van der Waals surface area contributed by atoms with Crippen LogP contribution in [-0.2, 0) is 31.9 Å². The molecule has 6 aromatic rings. The first kappa shape index (κ1) is 29.7. The number of hydrogen-bond acceptors (Lipinski definition) is 3. The predicted octanol–water partition coefficient (Wildman–Crippen LogP) is 10.1. The van der Waals surface area contributed by atoms with Crippen molar-refractivity contribution < 1.29 is 25.8 Å². The van der Waals surface area contributed by atoms with Crippen LogP contribution in [0, 0.1) is 12.1 Å². The van der Waals surface area contributed by atoms with Crippen LogP contribution in [0.2, 0.25) is 0 Å². The van der Waals surface area contributed by atoms with Crippen LogP contribution in [0.3, 0.4) is 0 Å². The Morgan fingerprint density at radius 1 is 0.548 bits per heavy atom. The van der Waals surface area contributed by atoms with Gasteiger partial charge < -0.3 is 14.7 Å². The van der Waals surface area contributed by atoms with Gasteiger partial charge in [0.05, 0.1) is 0 Å². The molecular formula is C38H34N2OPt. The number of benzene rings is 4. The molecule has 6 rings (SSSR count). The van der Waals surface area contributed by atoms with Crippen LogP contribution in [0.5, 0.6) is 11.5 Å². The zero-order valence-electron chi connectivity index (χ0n) is 24.9. The third-order valence-electron chi connectivity index (χ3n) is 7.51. The Balaban J connectivity index is 0.00000353. The maximum absolute atomic E-state index is 6.55. The van der Waals surface area contributed by atoms with E-state index in [0.29, 0.717) is 11.5 Å². The second kappa shape index (κ2) is 11.5. The summed E-state index contributed by atoms with van der Waals surface area (Å²) in [6.45, 7) is 13.3. The maximum atomic E-state index is 6.55. The first-order valence-electron chi connectivity index (χ1n) is 14.1. The van der Waals surface area contributed by atoms with Crippen molar-refractivity contribution in [2.75, 3.05) is 0 Å². The van der Waals surface area contributed by atoms with E-state index in [0.717, 1.165) is 44.1 Å². The van der Waals surface area contributed by atoms with Crippen molar-refractivity contribution in [3.05, 3.63) is 121 Å². The van der Waals surface area contributed by atoms with E-state index in [-0.39, 0.29) is 31.9 Å². The number of nitrogens with zero attached hydrogens (tertiary/aromatic N) is 2. The van der Waals surface area contributed by atoms with Crippen LogP contribution in [0.4, 0.5) is 0 Å². The molecule has 4 aromatic carbocycles. The van der Waals surface area contributed by atoms with Gasteiger partial charge in [0.1, 0.15) is 0 Å². The monoisotopic (exact) mass is 729 g/mol. The Kier molecular flexibility index (Phi) is 8.10. The standard InChI is InChI=1S/C38H34N2O.Pt/c1-37(2,3)27-15-17-39-35(21-27)33-23-29(19-25-11-7-9-13-31(25)33)41-30-20-26-12-8-10-14-32(26)34(24-30)36-22-28(16-18-40-36)38(4,5)6;/h7-22H,1-6H3;/q-2;+2. The largest absolute Gasteiger partial charge is 2.00 e. The van der Waals surface area contributed by atoms with E-state index in [9.17, 15) is 0 Å². The summed E-state index contributed by atoms with van der Waals surface area (Å²) in [6, 6.07) is 36.3. The topological polar surface area (TPSA) is 35.0 Å². The molecule has 0 atom stereocenters. The fourth-order valence-electron chi connectivity index (χ4n) is 5.14. The minimum absolute atomic E-state index is 0. The van der Waals surface area contributed by atoms with Crippen molar-refractivity contribution in [2.45, 2.75) is 52.4 Å². The predicted molar refractivity (Wildman–Crippen MR) is 170 cm³/mol. The van der Waals surface area contributed by atoms with Crippen LogP contribution in [0.15, 0.2) is 97.3 Å². The molecule has 0 aliphatic heterocycles. The molecule has 4 heteroatoms. The third kappa shape index (κ3) is 6.03. The zero-order chi connectivity index (χ0) is 28.8. The first-order chi connectivity index (χ1) is 19.6. The Labute approximate surface area is 263 Å². The van der Waals surface area contributed by atoms with Crippen molar-refractivity contribution in [2.24, 2.45) is 0 Å². The van der Waals surface area contributed by atoms with Crippen LogP contribution >= 0.6 is 0 Å². The van der Waals surface area contributed by atoms with E-state index in [4.69, 9.17) is 14.7 Å². The third-order valence-corrected chi connectivity index (χ3v) is 7.51. The molecule has 0 unspecified atom stereocenters. The molecule has 212 valence electrons. The van der Waals surface area contributed by atoms with Gasteiger partial charge in [-0.3, -0.25) is 0 Å². The quantitative estimate of drug-likeness (QED) is 0.170. The number of aromatic nitrogens is 2. The van der Waals surface area contributed by atoms with Crippen molar-refractivity contribution >= 4 is 21.5 Å². The minimum Gasteiger partial charge on any atom is -0.497 e. The van der Waals surface area contributed by atoms with Gasteiger partial charge in [0, 0.05) is 23.9 Å². The molecule has 0 fully saturated rings. The Morgan fingerprint density at radius 2 is 0.952 bits per heavy atom. The van der Waals surface area contributed by atoms with E-state index in [1.165, 1.54) is 11.1 Å². The average molecular weight is 730 g/mol. The van der Waals surface area contributed by atoms with Crippen LogP contribution in [0.1, 0.15) is 52.7 Å². The van der Waals surface area contributed by atoms with Gasteiger partial charge in [-0.1, -0.05) is 148 Å². The fraction of sp³-hybridized carbons (Fsp3) is 0.211. The molecule has 42 heavy (non-hydrogen) atoms. The van der Waals surface area contributed by atoms with Gasteiger partial charge in [0.25, 0.3) is 0 Å².